The first-order valence-electron chi connectivity index (χ1n) is 15.4. The summed E-state index contributed by atoms with van der Waals surface area (Å²) >= 11 is 0. The first-order chi connectivity index (χ1) is 23.2. The summed E-state index contributed by atoms with van der Waals surface area (Å²) in [5.41, 5.74) is 3.78. The van der Waals surface area contributed by atoms with Crippen molar-refractivity contribution in [2.45, 2.75) is 49.2 Å². The molecular formula is C34H34N10O3S. The third kappa shape index (κ3) is 7.49. The van der Waals surface area contributed by atoms with Crippen LogP contribution < -0.4 is 20.7 Å². The van der Waals surface area contributed by atoms with Gasteiger partial charge in [0, 0.05) is 54.8 Å². The van der Waals surface area contributed by atoms with Crippen molar-refractivity contribution in [3.8, 4) is 28.5 Å². The molecule has 2 aromatic carbocycles. The van der Waals surface area contributed by atoms with Gasteiger partial charge in [-0.05, 0) is 55.5 Å². The van der Waals surface area contributed by atoms with Gasteiger partial charge < -0.3 is 10.6 Å². The van der Waals surface area contributed by atoms with Crippen molar-refractivity contribution in [3.63, 3.8) is 0 Å². The van der Waals surface area contributed by atoms with E-state index >= 15 is 0 Å². The van der Waals surface area contributed by atoms with Crippen molar-refractivity contribution in [3.05, 3.63) is 103 Å². The Morgan fingerprint density at radius 3 is 2.44 bits per heavy atom. The minimum Gasteiger partial charge on any atom is -0.351 e. The number of aryl methyl sites for hydroxylation is 1. The average Bonchev–Trinajstić information content (AvgIpc) is 3.54. The number of nitrogens with zero attached hydrogens (tertiary/aromatic N) is 7. The predicted molar refractivity (Wildman–Crippen MR) is 181 cm³/mol. The van der Waals surface area contributed by atoms with Crippen LogP contribution >= 0.6 is 0 Å². The van der Waals surface area contributed by atoms with Gasteiger partial charge in [0.1, 0.15) is 11.9 Å². The van der Waals surface area contributed by atoms with E-state index in [0.29, 0.717) is 42.4 Å². The molecule has 0 bridgehead atoms. The predicted octanol–water partition coefficient (Wildman–Crippen LogP) is 4.60. The molecule has 48 heavy (non-hydrogen) atoms. The third-order valence-corrected chi connectivity index (χ3v) is 9.19. The highest BCUT2D eigenvalue weighted by Crippen LogP contribution is 2.30. The van der Waals surface area contributed by atoms with Crippen molar-refractivity contribution in [2.75, 3.05) is 10.2 Å². The number of anilines is 2. The number of rotatable bonds is 9. The van der Waals surface area contributed by atoms with Crippen molar-refractivity contribution in [1.29, 1.82) is 5.26 Å². The molecule has 0 radical (unpaired) electrons. The fourth-order valence-electron chi connectivity index (χ4n) is 5.82. The Kier molecular flexibility index (Phi) is 9.42. The van der Waals surface area contributed by atoms with E-state index in [1.165, 1.54) is 18.3 Å². The van der Waals surface area contributed by atoms with Crippen molar-refractivity contribution in [2.24, 2.45) is 12.2 Å². The monoisotopic (exact) mass is 662 g/mol. The molecule has 0 aliphatic heterocycles. The Morgan fingerprint density at radius 1 is 0.979 bits per heavy atom. The summed E-state index contributed by atoms with van der Waals surface area (Å²) in [6.07, 6.45) is 9.70. The van der Waals surface area contributed by atoms with Crippen LogP contribution in [-0.4, -0.2) is 51.3 Å². The van der Waals surface area contributed by atoms with Crippen LogP contribution in [0.15, 0.2) is 96.4 Å². The number of benzene rings is 2. The number of primary sulfonamides is 1. The zero-order valence-corrected chi connectivity index (χ0v) is 27.0. The molecule has 14 heteroatoms. The Balaban J connectivity index is 1.18. The lowest BCUT2D eigenvalue weighted by Gasteiger charge is -2.36. The van der Waals surface area contributed by atoms with Crippen LogP contribution in [0.25, 0.3) is 22.4 Å². The lowest BCUT2D eigenvalue weighted by molar-refractivity contribution is 0.240. The number of nitrogens with two attached hydrogens (primary N) is 1. The van der Waals surface area contributed by atoms with Gasteiger partial charge in [-0.2, -0.15) is 10.4 Å². The number of carbonyl (C=O) groups excluding carboxylic acids is 1. The highest BCUT2D eigenvalue weighted by molar-refractivity contribution is 7.89. The molecule has 1 saturated carbocycles. The second kappa shape index (κ2) is 14.0. The highest BCUT2D eigenvalue weighted by atomic mass is 32.2. The quantitative estimate of drug-likeness (QED) is 0.203. The minimum atomic E-state index is -3.94. The standard InChI is InChI=1S/C34H34N10O3S/c1-43-22-27(21-40-43)25-10-15-31(37-19-25)44(34(45)39-18-23-6-3-2-4-7-23)29-13-11-28(12-14-29)41-33-38-20-26(17-35)32(42-33)24-8-5-9-30(16-24)48(36,46)47/h2-10,15-16,19-22,28-29H,11-14,18H2,1H3,(H,39,45)(H2,36,46,47)(H,38,41,42). The second-order valence-corrected chi connectivity index (χ2v) is 13.2. The lowest BCUT2D eigenvalue weighted by atomic mass is 9.90. The van der Waals surface area contributed by atoms with Gasteiger partial charge in [-0.3, -0.25) is 9.58 Å². The smallest absolute Gasteiger partial charge is 0.323 e. The lowest BCUT2D eigenvalue weighted by Crippen LogP contribution is -2.49. The number of amides is 2. The zero-order chi connectivity index (χ0) is 33.7. The molecule has 1 aliphatic rings. The molecule has 6 rings (SSSR count). The maximum atomic E-state index is 13.7. The Bertz CT molecular complexity index is 2050. The molecule has 1 fully saturated rings. The van der Waals surface area contributed by atoms with Crippen molar-refractivity contribution >= 4 is 27.8 Å². The van der Waals surface area contributed by atoms with Crippen LogP contribution in [0.4, 0.5) is 16.6 Å². The SMILES string of the molecule is Cn1cc(-c2ccc(N(C(=O)NCc3ccccc3)C3CCC(Nc4ncc(C#N)c(-c5cccc(S(N)(=O)=O)c5)n4)CC3)nc2)cn1. The summed E-state index contributed by atoms with van der Waals surface area (Å²) in [5.74, 6) is 0.880. The molecule has 0 unspecified atom stereocenters. The maximum Gasteiger partial charge on any atom is 0.323 e. The normalized spacial score (nSPS) is 16.1. The fourth-order valence-corrected chi connectivity index (χ4v) is 6.38. The van der Waals surface area contributed by atoms with E-state index in [1.54, 1.807) is 34.1 Å². The molecule has 3 aromatic heterocycles. The summed E-state index contributed by atoms with van der Waals surface area (Å²) in [5, 5.41) is 25.7. The van der Waals surface area contributed by atoms with Gasteiger partial charge in [-0.25, -0.2) is 33.3 Å². The van der Waals surface area contributed by atoms with E-state index in [2.05, 4.69) is 31.8 Å². The number of nitrogens with one attached hydrogen (secondary N) is 2. The van der Waals surface area contributed by atoms with Crippen LogP contribution in [-0.2, 0) is 23.6 Å². The largest absolute Gasteiger partial charge is 0.351 e. The molecule has 0 saturated heterocycles. The van der Waals surface area contributed by atoms with E-state index in [1.807, 2.05) is 55.7 Å². The Hall–Kier alpha value is -5.65. The zero-order valence-electron chi connectivity index (χ0n) is 26.2. The molecule has 13 nitrogen and oxygen atoms in total. The average molecular weight is 663 g/mol. The topological polar surface area (TPSA) is 185 Å². The molecule has 0 atom stereocenters. The van der Waals surface area contributed by atoms with E-state index < -0.39 is 10.0 Å². The third-order valence-electron chi connectivity index (χ3n) is 8.28. The molecule has 5 aromatic rings. The first kappa shape index (κ1) is 32.3. The number of urea groups is 1. The van der Waals surface area contributed by atoms with E-state index in [-0.39, 0.29) is 28.6 Å². The Morgan fingerprint density at radius 2 is 1.77 bits per heavy atom. The second-order valence-electron chi connectivity index (χ2n) is 11.6. The van der Waals surface area contributed by atoms with Crippen molar-refractivity contribution in [1.82, 2.24) is 30.0 Å². The number of nitriles is 1. The van der Waals surface area contributed by atoms with Crippen molar-refractivity contribution < 1.29 is 13.2 Å². The maximum absolute atomic E-state index is 13.7. The van der Waals surface area contributed by atoms with Crippen LogP contribution in [0.1, 0.15) is 36.8 Å². The number of sulfonamides is 1. The molecule has 2 amide bonds. The molecule has 0 spiro atoms. The molecule has 1 aliphatic carbocycles. The number of hydrogen-bond acceptors (Lipinski definition) is 9. The highest BCUT2D eigenvalue weighted by Gasteiger charge is 2.31. The van der Waals surface area contributed by atoms with E-state index in [0.717, 1.165) is 29.5 Å². The number of pyridine rings is 1. The van der Waals surface area contributed by atoms with Crippen LogP contribution in [0.5, 0.6) is 0 Å². The van der Waals surface area contributed by atoms with E-state index in [4.69, 9.17) is 10.1 Å². The summed E-state index contributed by atoms with van der Waals surface area (Å²) in [6, 6.07) is 21.3. The van der Waals surface area contributed by atoms with Gasteiger partial charge in [0.25, 0.3) is 0 Å². The first-order valence-corrected chi connectivity index (χ1v) is 17.0. The van der Waals surface area contributed by atoms with Crippen LogP contribution in [0.3, 0.4) is 0 Å². The number of aromatic nitrogens is 5. The fraction of sp³-hybridized carbons (Fsp3) is 0.235. The van der Waals surface area contributed by atoms with Gasteiger partial charge in [-0.15, -0.1) is 0 Å². The van der Waals surface area contributed by atoms with Gasteiger partial charge in [0.2, 0.25) is 16.0 Å². The van der Waals surface area contributed by atoms with Crippen LogP contribution in [0.2, 0.25) is 0 Å². The molecule has 4 N–H and O–H groups in total. The summed E-state index contributed by atoms with van der Waals surface area (Å²) < 4.78 is 25.6. The molecule has 244 valence electrons. The summed E-state index contributed by atoms with van der Waals surface area (Å²) in [4.78, 5) is 29.0. The van der Waals surface area contributed by atoms with Gasteiger partial charge in [-0.1, -0.05) is 42.5 Å². The van der Waals surface area contributed by atoms with Gasteiger partial charge in [0.15, 0.2) is 0 Å². The molecule has 3 heterocycles. The molecular weight excluding hydrogens is 629 g/mol. The van der Waals surface area contributed by atoms with Gasteiger partial charge in [0.05, 0.1) is 28.5 Å². The Labute approximate surface area is 278 Å². The number of hydrogen-bond donors (Lipinski definition) is 3. The summed E-state index contributed by atoms with van der Waals surface area (Å²) in [7, 11) is -2.08. The van der Waals surface area contributed by atoms with Gasteiger partial charge >= 0.3 is 6.03 Å². The number of carbonyl (C=O) groups is 1. The minimum absolute atomic E-state index is 0.00735. The summed E-state index contributed by atoms with van der Waals surface area (Å²) in [6.45, 7) is 0.388. The van der Waals surface area contributed by atoms with Crippen LogP contribution in [0, 0.1) is 11.3 Å². The van der Waals surface area contributed by atoms with E-state index in [9.17, 15) is 18.5 Å².